The molecule has 1 fully saturated rings. The highest BCUT2D eigenvalue weighted by molar-refractivity contribution is 5.75. The van der Waals surface area contributed by atoms with E-state index in [0.29, 0.717) is 30.6 Å². The molecule has 1 aliphatic heterocycles. The van der Waals surface area contributed by atoms with E-state index in [4.69, 9.17) is 15.2 Å². The van der Waals surface area contributed by atoms with Crippen LogP contribution in [0.1, 0.15) is 56.0 Å². The van der Waals surface area contributed by atoms with Gasteiger partial charge in [0.2, 0.25) is 0 Å². The molecule has 166 valence electrons. The van der Waals surface area contributed by atoms with Gasteiger partial charge >= 0.3 is 6.01 Å². The number of ether oxygens (including phenoxy) is 2. The van der Waals surface area contributed by atoms with Gasteiger partial charge in [-0.1, -0.05) is 43.7 Å². The van der Waals surface area contributed by atoms with Crippen molar-refractivity contribution in [2.24, 2.45) is 0 Å². The molecule has 31 heavy (non-hydrogen) atoms. The maximum atomic E-state index is 6.18. The molecular formula is C25H34N4O2. The average molecular weight is 423 g/mol. The Kier molecular flexibility index (Phi) is 6.88. The molecule has 2 unspecified atom stereocenters. The molecule has 0 amide bonds. The summed E-state index contributed by atoms with van der Waals surface area (Å²) < 4.78 is 11.6. The van der Waals surface area contributed by atoms with Gasteiger partial charge < -0.3 is 15.2 Å². The van der Waals surface area contributed by atoms with Crippen LogP contribution < -0.4 is 10.5 Å². The third-order valence-electron chi connectivity index (χ3n) is 5.92. The zero-order chi connectivity index (χ0) is 21.8. The third kappa shape index (κ3) is 5.43. The van der Waals surface area contributed by atoms with Gasteiger partial charge in [-0.15, -0.1) is 0 Å². The largest absolute Gasteiger partial charge is 0.463 e. The van der Waals surface area contributed by atoms with Crippen LogP contribution in [0, 0.1) is 0 Å². The number of hydrogen-bond donors (Lipinski definition) is 1. The molecule has 6 heteroatoms. The van der Waals surface area contributed by atoms with Gasteiger partial charge in [0.25, 0.3) is 0 Å². The molecule has 2 aromatic rings. The van der Waals surface area contributed by atoms with Crippen molar-refractivity contribution in [1.29, 1.82) is 0 Å². The minimum Gasteiger partial charge on any atom is -0.463 e. The first-order chi connectivity index (χ1) is 15.0. The number of morpholine rings is 1. The summed E-state index contributed by atoms with van der Waals surface area (Å²) in [7, 11) is 0. The molecule has 1 aromatic heterocycles. The van der Waals surface area contributed by atoms with Crippen LogP contribution in [0.4, 0.5) is 5.82 Å². The number of nitrogens with zero attached hydrogens (tertiary/aromatic N) is 3. The summed E-state index contributed by atoms with van der Waals surface area (Å²) in [6.45, 7) is 9.99. The van der Waals surface area contributed by atoms with Gasteiger partial charge in [0.1, 0.15) is 5.82 Å². The molecule has 1 saturated heterocycles. The molecule has 0 spiro atoms. The standard InChI is InChI=1S/C25H34N4O2/c1-4-5-12-30-25-27-23-21(10-11-22(23)24(26)28-25)13-19-6-8-20(9-7-19)16-29-14-17(2)31-18(3)15-29/h6-10,17-18H,4-5,11-16H2,1-3H3,(H2,26,27,28). The molecule has 2 N–H and O–H groups in total. The first-order valence-corrected chi connectivity index (χ1v) is 11.5. The smallest absolute Gasteiger partial charge is 0.318 e. The van der Waals surface area contributed by atoms with Crippen LogP contribution >= 0.6 is 0 Å². The Hall–Kier alpha value is -2.44. The highest BCUT2D eigenvalue weighted by Crippen LogP contribution is 2.32. The van der Waals surface area contributed by atoms with E-state index in [2.05, 4.69) is 66.0 Å². The normalized spacial score (nSPS) is 21.1. The predicted octanol–water partition coefficient (Wildman–Crippen LogP) is 4.03. The summed E-state index contributed by atoms with van der Waals surface area (Å²) in [4.78, 5) is 11.5. The second-order valence-electron chi connectivity index (χ2n) is 8.80. The lowest BCUT2D eigenvalue weighted by Crippen LogP contribution is -2.44. The highest BCUT2D eigenvalue weighted by atomic mass is 16.5. The minimum absolute atomic E-state index is 0.294. The van der Waals surface area contributed by atoms with Gasteiger partial charge in [-0.3, -0.25) is 4.90 Å². The fourth-order valence-electron chi connectivity index (χ4n) is 4.45. The first-order valence-electron chi connectivity index (χ1n) is 11.5. The summed E-state index contributed by atoms with van der Waals surface area (Å²) in [5.41, 5.74) is 12.0. The van der Waals surface area contributed by atoms with Gasteiger partial charge in [-0.2, -0.15) is 9.97 Å². The van der Waals surface area contributed by atoms with E-state index in [1.54, 1.807) is 0 Å². The van der Waals surface area contributed by atoms with Crippen molar-refractivity contribution in [1.82, 2.24) is 14.9 Å². The van der Waals surface area contributed by atoms with Crippen molar-refractivity contribution in [2.75, 3.05) is 25.4 Å². The Morgan fingerprint density at radius 3 is 2.52 bits per heavy atom. The Balaban J connectivity index is 1.40. The summed E-state index contributed by atoms with van der Waals surface area (Å²) in [5, 5.41) is 0. The quantitative estimate of drug-likeness (QED) is 0.648. The van der Waals surface area contributed by atoms with Gasteiger partial charge in [-0.25, -0.2) is 0 Å². The van der Waals surface area contributed by atoms with E-state index in [0.717, 1.165) is 56.6 Å². The molecule has 2 heterocycles. The van der Waals surface area contributed by atoms with E-state index < -0.39 is 0 Å². The number of nitrogens with two attached hydrogens (primary N) is 1. The van der Waals surface area contributed by atoms with E-state index >= 15 is 0 Å². The number of unbranched alkanes of at least 4 members (excludes halogenated alkanes) is 1. The SMILES string of the molecule is CCCCOc1nc(N)c2c(n1)C(Cc1ccc(CN3CC(C)OC(C)C3)cc1)=CC2. The van der Waals surface area contributed by atoms with Crippen molar-refractivity contribution >= 4 is 11.4 Å². The highest BCUT2D eigenvalue weighted by Gasteiger charge is 2.23. The molecule has 2 atom stereocenters. The van der Waals surface area contributed by atoms with Crippen LogP contribution in [0.15, 0.2) is 30.3 Å². The number of rotatable bonds is 8. The van der Waals surface area contributed by atoms with Gasteiger partial charge in [0.05, 0.1) is 24.5 Å². The number of nitrogen functional groups attached to an aromatic ring is 1. The zero-order valence-electron chi connectivity index (χ0n) is 18.9. The van der Waals surface area contributed by atoms with E-state index in [9.17, 15) is 0 Å². The van der Waals surface area contributed by atoms with Gasteiger partial charge in [-0.05, 0) is 49.8 Å². The molecule has 4 rings (SSSR count). The average Bonchev–Trinajstić information content (AvgIpc) is 3.12. The Morgan fingerprint density at radius 1 is 1.10 bits per heavy atom. The van der Waals surface area contributed by atoms with E-state index in [1.165, 1.54) is 16.7 Å². The number of anilines is 1. The molecule has 2 aliphatic rings. The molecular weight excluding hydrogens is 388 g/mol. The van der Waals surface area contributed by atoms with Crippen LogP contribution in [0.3, 0.4) is 0 Å². The van der Waals surface area contributed by atoms with Gasteiger partial charge in [0, 0.05) is 25.2 Å². The summed E-state index contributed by atoms with van der Waals surface area (Å²) >= 11 is 0. The fourth-order valence-corrected chi connectivity index (χ4v) is 4.45. The lowest BCUT2D eigenvalue weighted by Gasteiger charge is -2.35. The Labute approximate surface area is 185 Å². The first kappa shape index (κ1) is 21.8. The fraction of sp³-hybridized carbons (Fsp3) is 0.520. The van der Waals surface area contributed by atoms with Crippen molar-refractivity contribution in [3.05, 3.63) is 52.7 Å². The second kappa shape index (κ2) is 9.79. The molecule has 0 saturated carbocycles. The third-order valence-corrected chi connectivity index (χ3v) is 5.92. The maximum Gasteiger partial charge on any atom is 0.318 e. The van der Waals surface area contributed by atoms with Crippen molar-refractivity contribution < 1.29 is 9.47 Å². The minimum atomic E-state index is 0.294. The van der Waals surface area contributed by atoms with Crippen LogP contribution in [0.2, 0.25) is 0 Å². The van der Waals surface area contributed by atoms with Crippen molar-refractivity contribution in [3.63, 3.8) is 0 Å². The lowest BCUT2D eigenvalue weighted by molar-refractivity contribution is -0.0704. The van der Waals surface area contributed by atoms with Crippen molar-refractivity contribution in [3.8, 4) is 6.01 Å². The zero-order valence-corrected chi connectivity index (χ0v) is 18.9. The lowest BCUT2D eigenvalue weighted by atomic mass is 10.0. The maximum absolute atomic E-state index is 6.18. The number of hydrogen-bond acceptors (Lipinski definition) is 6. The van der Waals surface area contributed by atoms with Crippen LogP contribution in [0.25, 0.3) is 5.57 Å². The predicted molar refractivity (Wildman–Crippen MR) is 124 cm³/mol. The van der Waals surface area contributed by atoms with Crippen molar-refractivity contribution in [2.45, 2.75) is 65.2 Å². The van der Waals surface area contributed by atoms with E-state index in [-0.39, 0.29) is 0 Å². The monoisotopic (exact) mass is 422 g/mol. The summed E-state index contributed by atoms with van der Waals surface area (Å²) in [6.07, 6.45) is 6.49. The number of fused-ring (bicyclic) bond motifs is 1. The second-order valence-corrected chi connectivity index (χ2v) is 8.80. The molecule has 0 bridgehead atoms. The molecule has 6 nitrogen and oxygen atoms in total. The van der Waals surface area contributed by atoms with Gasteiger partial charge in [0.15, 0.2) is 0 Å². The van der Waals surface area contributed by atoms with E-state index in [1.807, 2.05) is 0 Å². The number of benzene rings is 1. The summed E-state index contributed by atoms with van der Waals surface area (Å²) in [6, 6.07) is 9.32. The number of aromatic nitrogens is 2. The topological polar surface area (TPSA) is 73.5 Å². The number of allylic oxidation sites excluding steroid dienone is 2. The Morgan fingerprint density at radius 2 is 1.81 bits per heavy atom. The molecule has 0 radical (unpaired) electrons. The van der Waals surface area contributed by atoms with Crippen LogP contribution in [-0.4, -0.2) is 46.8 Å². The molecule has 1 aliphatic carbocycles. The summed E-state index contributed by atoms with van der Waals surface area (Å²) in [5.74, 6) is 0.534. The van der Waals surface area contributed by atoms with Crippen LogP contribution in [-0.2, 0) is 24.1 Å². The Bertz CT molecular complexity index is 916. The molecule has 1 aromatic carbocycles. The van der Waals surface area contributed by atoms with Crippen LogP contribution in [0.5, 0.6) is 6.01 Å².